The van der Waals surface area contributed by atoms with Crippen LogP contribution in [0.1, 0.15) is 26.3 Å². The molecule has 0 spiro atoms. The molecule has 1 aromatic rings. The molecule has 0 aromatic heterocycles. The van der Waals surface area contributed by atoms with E-state index >= 15 is 0 Å². The number of thioether (sulfide) groups is 1. The van der Waals surface area contributed by atoms with E-state index in [1.54, 1.807) is 17.8 Å². The Morgan fingerprint density at radius 3 is 2.35 bits per heavy atom. The molecule has 0 unspecified atom stereocenters. The lowest BCUT2D eigenvalue weighted by atomic mass is 10.1. The van der Waals surface area contributed by atoms with Crippen LogP contribution in [-0.4, -0.2) is 21.6 Å². The lowest BCUT2D eigenvalue weighted by Crippen LogP contribution is -2.12. The molecule has 0 heterocycles. The second-order valence-electron chi connectivity index (χ2n) is 4.79. The highest BCUT2D eigenvalue weighted by molar-refractivity contribution is 8.00. The highest BCUT2D eigenvalue weighted by Gasteiger charge is 2.15. The summed E-state index contributed by atoms with van der Waals surface area (Å²) in [7, 11) is 0. The normalized spacial score (nSPS) is 12.5. The van der Waals surface area contributed by atoms with Crippen molar-refractivity contribution in [2.75, 3.05) is 5.75 Å². The summed E-state index contributed by atoms with van der Waals surface area (Å²) in [5, 5.41) is 9.15. The average Bonchev–Trinajstić information content (AvgIpc) is 2.24. The van der Waals surface area contributed by atoms with Crippen LogP contribution in [0.5, 0.6) is 0 Å². The molecule has 0 aliphatic rings. The number of carboxylic acid groups (broad SMARTS) is 1. The summed E-state index contributed by atoms with van der Waals surface area (Å²) in [6, 6.07) is 9.54. The third-order valence-corrected chi connectivity index (χ3v) is 3.40. The molecule has 0 bridgehead atoms. The predicted octanol–water partition coefficient (Wildman–Crippen LogP) is 3.69. The lowest BCUT2D eigenvalue weighted by Gasteiger charge is -2.17. The van der Waals surface area contributed by atoms with Crippen LogP contribution in [0, 0.1) is 0 Å². The van der Waals surface area contributed by atoms with Gasteiger partial charge in [0.05, 0.1) is 0 Å². The van der Waals surface area contributed by atoms with Gasteiger partial charge in [-0.15, -0.1) is 0 Å². The van der Waals surface area contributed by atoms with Gasteiger partial charge in [-0.3, -0.25) is 0 Å². The first-order valence-electron chi connectivity index (χ1n) is 5.51. The number of aliphatic carboxylic acids is 1. The Kier molecular flexibility index (Phi) is 4.82. The van der Waals surface area contributed by atoms with E-state index in [2.05, 4.69) is 20.8 Å². The van der Waals surface area contributed by atoms with Crippen LogP contribution in [0.25, 0.3) is 6.08 Å². The predicted molar refractivity (Wildman–Crippen MR) is 74.3 cm³/mol. The van der Waals surface area contributed by atoms with Gasteiger partial charge in [0, 0.05) is 16.1 Å². The van der Waals surface area contributed by atoms with E-state index in [4.69, 9.17) is 5.11 Å². The summed E-state index contributed by atoms with van der Waals surface area (Å²) >= 11 is 1.64. The third kappa shape index (κ3) is 5.59. The van der Waals surface area contributed by atoms with E-state index in [0.29, 0.717) is 11.3 Å². The van der Waals surface area contributed by atoms with Crippen LogP contribution < -0.4 is 0 Å². The molecule has 0 aliphatic carbocycles. The highest BCUT2D eigenvalue weighted by Crippen LogP contribution is 2.26. The third-order valence-electron chi connectivity index (χ3n) is 2.08. The monoisotopic (exact) mass is 250 g/mol. The molecule has 1 N–H and O–H groups in total. The minimum absolute atomic E-state index is 0.0746. The zero-order valence-electron chi connectivity index (χ0n) is 10.4. The zero-order chi connectivity index (χ0) is 12.9. The van der Waals surface area contributed by atoms with Gasteiger partial charge in [0.25, 0.3) is 0 Å². The summed E-state index contributed by atoms with van der Waals surface area (Å²) < 4.78 is 0.0746. The largest absolute Gasteiger partial charge is 0.478 e. The van der Waals surface area contributed by atoms with Gasteiger partial charge in [-0.2, -0.15) is 11.8 Å². The topological polar surface area (TPSA) is 37.3 Å². The highest BCUT2D eigenvalue weighted by atomic mass is 32.2. The van der Waals surface area contributed by atoms with E-state index in [9.17, 15) is 4.79 Å². The first kappa shape index (κ1) is 13.8. The van der Waals surface area contributed by atoms with E-state index in [1.807, 2.05) is 30.3 Å². The summed E-state index contributed by atoms with van der Waals surface area (Å²) in [4.78, 5) is 11.1. The van der Waals surface area contributed by atoms with Gasteiger partial charge in [0.1, 0.15) is 0 Å². The molecule has 0 fully saturated rings. The minimum atomic E-state index is -0.842. The number of carboxylic acids is 1. The second-order valence-corrected chi connectivity index (χ2v) is 6.59. The Labute approximate surface area is 107 Å². The maximum absolute atomic E-state index is 11.1. The van der Waals surface area contributed by atoms with Gasteiger partial charge in [-0.1, -0.05) is 51.1 Å². The van der Waals surface area contributed by atoms with Crippen molar-refractivity contribution in [2.24, 2.45) is 0 Å². The van der Waals surface area contributed by atoms with Gasteiger partial charge in [0.15, 0.2) is 0 Å². The fraction of sp³-hybridized carbons (Fsp3) is 0.357. The number of carbonyl (C=O) groups is 1. The first-order chi connectivity index (χ1) is 7.88. The maximum atomic E-state index is 11.1. The first-order valence-corrected chi connectivity index (χ1v) is 6.50. The molecule has 0 aliphatic heterocycles. The van der Waals surface area contributed by atoms with Gasteiger partial charge >= 0.3 is 5.97 Å². The van der Waals surface area contributed by atoms with Gasteiger partial charge in [0.2, 0.25) is 0 Å². The SMILES string of the molecule is CC(C)(C)SC/C(=C\c1ccccc1)C(=O)O. The van der Waals surface area contributed by atoms with Crippen molar-refractivity contribution in [2.45, 2.75) is 25.5 Å². The Morgan fingerprint density at radius 1 is 1.29 bits per heavy atom. The van der Waals surface area contributed by atoms with Crippen LogP contribution >= 0.6 is 11.8 Å². The minimum Gasteiger partial charge on any atom is -0.478 e. The quantitative estimate of drug-likeness (QED) is 0.828. The van der Waals surface area contributed by atoms with Crippen molar-refractivity contribution in [3.05, 3.63) is 41.5 Å². The van der Waals surface area contributed by atoms with E-state index in [0.717, 1.165) is 5.56 Å². The molecule has 0 atom stereocenters. The second kappa shape index (κ2) is 5.92. The fourth-order valence-electron chi connectivity index (χ4n) is 1.21. The molecule has 1 rings (SSSR count). The molecule has 92 valence electrons. The number of hydrogen-bond acceptors (Lipinski definition) is 2. The van der Waals surface area contributed by atoms with Crippen LogP contribution in [-0.2, 0) is 4.79 Å². The molecular weight excluding hydrogens is 232 g/mol. The Hall–Kier alpha value is -1.22. The van der Waals surface area contributed by atoms with Crippen LogP contribution in [0.4, 0.5) is 0 Å². The van der Waals surface area contributed by atoms with Crippen molar-refractivity contribution in [3.8, 4) is 0 Å². The number of hydrogen-bond donors (Lipinski definition) is 1. The summed E-state index contributed by atoms with van der Waals surface area (Å²) in [6.07, 6.45) is 1.74. The van der Waals surface area contributed by atoms with E-state index in [1.165, 1.54) is 0 Å². The average molecular weight is 250 g/mol. The fourth-order valence-corrected chi connectivity index (χ4v) is 2.01. The van der Waals surface area contributed by atoms with Gasteiger partial charge in [-0.25, -0.2) is 4.79 Å². The van der Waals surface area contributed by atoms with Crippen molar-refractivity contribution < 1.29 is 9.90 Å². The molecule has 1 aromatic carbocycles. The molecule has 2 nitrogen and oxygen atoms in total. The van der Waals surface area contributed by atoms with Gasteiger partial charge in [-0.05, 0) is 11.6 Å². The standard InChI is InChI=1S/C14H18O2S/c1-14(2,3)17-10-12(13(15)16)9-11-7-5-4-6-8-11/h4-9H,10H2,1-3H3,(H,15,16)/b12-9+. The zero-order valence-corrected chi connectivity index (χ0v) is 11.3. The molecular formula is C14H18O2S. The van der Waals surface area contributed by atoms with Crippen molar-refractivity contribution in [1.82, 2.24) is 0 Å². The van der Waals surface area contributed by atoms with Crippen molar-refractivity contribution in [3.63, 3.8) is 0 Å². The molecule has 0 saturated heterocycles. The molecule has 0 amide bonds. The van der Waals surface area contributed by atoms with Crippen molar-refractivity contribution >= 4 is 23.8 Å². The molecule has 0 saturated carbocycles. The summed E-state index contributed by atoms with van der Waals surface area (Å²) in [6.45, 7) is 6.25. The summed E-state index contributed by atoms with van der Waals surface area (Å²) in [5.74, 6) is -0.320. The molecule has 0 radical (unpaired) electrons. The molecule has 3 heteroatoms. The Bertz CT molecular complexity index is 402. The van der Waals surface area contributed by atoms with E-state index < -0.39 is 5.97 Å². The Morgan fingerprint density at radius 2 is 1.88 bits per heavy atom. The van der Waals surface area contributed by atoms with E-state index in [-0.39, 0.29) is 4.75 Å². The maximum Gasteiger partial charge on any atom is 0.332 e. The van der Waals surface area contributed by atoms with Gasteiger partial charge < -0.3 is 5.11 Å². The number of benzene rings is 1. The lowest BCUT2D eigenvalue weighted by molar-refractivity contribution is -0.132. The van der Waals surface area contributed by atoms with Crippen LogP contribution in [0.3, 0.4) is 0 Å². The summed E-state index contributed by atoms with van der Waals surface area (Å²) in [5.41, 5.74) is 1.37. The van der Waals surface area contributed by atoms with Crippen LogP contribution in [0.2, 0.25) is 0 Å². The smallest absolute Gasteiger partial charge is 0.332 e. The number of rotatable bonds is 4. The molecule has 17 heavy (non-hydrogen) atoms. The Balaban J connectivity index is 2.80. The van der Waals surface area contributed by atoms with Crippen molar-refractivity contribution in [1.29, 1.82) is 0 Å². The van der Waals surface area contributed by atoms with Crippen LogP contribution in [0.15, 0.2) is 35.9 Å².